The van der Waals surface area contributed by atoms with Gasteiger partial charge in [-0.15, -0.1) is 0 Å². The van der Waals surface area contributed by atoms with Crippen molar-refractivity contribution in [2.45, 2.75) is 57.4 Å². The van der Waals surface area contributed by atoms with E-state index in [9.17, 15) is 9.18 Å². The molecular formula is C34H42FN7O4. The number of halogens is 1. The largest absolute Gasteiger partial charge is 0.494 e. The monoisotopic (exact) mass is 631 g/mol. The molecule has 3 fully saturated rings. The number of hydroxylamine groups is 1. The highest BCUT2D eigenvalue weighted by molar-refractivity contribution is 6.02. The van der Waals surface area contributed by atoms with Gasteiger partial charge in [-0.1, -0.05) is 18.7 Å². The SMILES string of the molecule is C=CC(=O)Nc1cc(Nc2cc(N3OCCC3c3cccc(F)c3)ncn2)c(OC)cc1N1CCC(N2C[C@@H](C)O[C@@H](C)C2)CC1. The number of rotatable bonds is 9. The fourth-order valence-electron chi connectivity index (χ4n) is 6.75. The maximum Gasteiger partial charge on any atom is 0.247 e. The van der Waals surface area contributed by atoms with E-state index in [1.54, 1.807) is 24.3 Å². The van der Waals surface area contributed by atoms with Crippen LogP contribution in [0.3, 0.4) is 0 Å². The number of hydrogen-bond acceptors (Lipinski definition) is 10. The summed E-state index contributed by atoms with van der Waals surface area (Å²) in [6.07, 6.45) is 5.88. The van der Waals surface area contributed by atoms with Gasteiger partial charge >= 0.3 is 0 Å². The molecular weight excluding hydrogens is 589 g/mol. The zero-order valence-corrected chi connectivity index (χ0v) is 26.6. The molecule has 11 nitrogen and oxygen atoms in total. The normalized spacial score (nSPS) is 22.5. The number of carbonyl (C=O) groups excluding carboxylic acids is 1. The second kappa shape index (κ2) is 14.0. The smallest absolute Gasteiger partial charge is 0.247 e. The van der Waals surface area contributed by atoms with Crippen molar-refractivity contribution in [3.05, 3.63) is 72.8 Å². The maximum absolute atomic E-state index is 14.0. The molecule has 244 valence electrons. The lowest BCUT2D eigenvalue weighted by Crippen LogP contribution is -2.53. The van der Waals surface area contributed by atoms with Crippen molar-refractivity contribution in [2.24, 2.45) is 0 Å². The average Bonchev–Trinajstić information content (AvgIpc) is 3.55. The van der Waals surface area contributed by atoms with Gasteiger partial charge in [0.15, 0.2) is 5.82 Å². The number of benzene rings is 2. The Morgan fingerprint density at radius 1 is 1.07 bits per heavy atom. The third-order valence-corrected chi connectivity index (χ3v) is 8.81. The summed E-state index contributed by atoms with van der Waals surface area (Å²) in [6, 6.07) is 12.4. The van der Waals surface area contributed by atoms with Crippen molar-refractivity contribution in [1.82, 2.24) is 14.9 Å². The molecule has 4 heterocycles. The average molecular weight is 632 g/mol. The molecule has 6 rings (SSSR count). The Labute approximate surface area is 269 Å². The van der Waals surface area contributed by atoms with Gasteiger partial charge in [0.05, 0.1) is 49.0 Å². The summed E-state index contributed by atoms with van der Waals surface area (Å²) >= 11 is 0. The van der Waals surface area contributed by atoms with Crippen LogP contribution in [-0.4, -0.2) is 78.9 Å². The number of aromatic nitrogens is 2. The van der Waals surface area contributed by atoms with Crippen LogP contribution in [0.1, 0.15) is 44.7 Å². The van der Waals surface area contributed by atoms with Gasteiger partial charge in [0.25, 0.3) is 0 Å². The summed E-state index contributed by atoms with van der Waals surface area (Å²) in [4.78, 5) is 32.2. The van der Waals surface area contributed by atoms with E-state index in [1.807, 2.05) is 18.2 Å². The van der Waals surface area contributed by atoms with Crippen LogP contribution in [0.2, 0.25) is 0 Å². The van der Waals surface area contributed by atoms with E-state index in [0.29, 0.717) is 47.8 Å². The van der Waals surface area contributed by atoms with E-state index in [-0.39, 0.29) is 30.0 Å². The predicted octanol–water partition coefficient (Wildman–Crippen LogP) is 5.45. The van der Waals surface area contributed by atoms with Crippen molar-refractivity contribution in [3.8, 4) is 5.75 Å². The third-order valence-electron chi connectivity index (χ3n) is 8.81. The van der Waals surface area contributed by atoms with Crippen LogP contribution in [0.5, 0.6) is 5.75 Å². The van der Waals surface area contributed by atoms with Gasteiger partial charge in [-0.2, -0.15) is 0 Å². The van der Waals surface area contributed by atoms with E-state index >= 15 is 0 Å². The standard InChI is InChI=1S/C34H42FN7O4/c1-5-34(43)39-27-16-28(31(44-4)17-30(27)40-12-9-26(10-13-40)41-19-22(2)46-23(3)20-41)38-32-18-33(37-21-36-32)42-29(11-14-45-42)24-7-6-8-25(35)15-24/h5-8,15-18,21-23,26,29H,1,9-14,19-20H2,2-4H3,(H,39,43)(H,36,37,38)/t22-,23+,29?. The Balaban J connectivity index is 1.22. The Bertz CT molecular complexity index is 1540. The molecule has 2 N–H and O–H groups in total. The van der Waals surface area contributed by atoms with Crippen LogP contribution in [0, 0.1) is 5.82 Å². The van der Waals surface area contributed by atoms with Gasteiger partial charge in [0, 0.05) is 50.8 Å². The second-order valence-electron chi connectivity index (χ2n) is 12.1. The third kappa shape index (κ3) is 7.09. The van der Waals surface area contributed by atoms with Crippen LogP contribution < -0.4 is 25.3 Å². The van der Waals surface area contributed by atoms with Crippen molar-refractivity contribution < 1.29 is 23.5 Å². The maximum atomic E-state index is 14.0. The van der Waals surface area contributed by atoms with Gasteiger partial charge in [-0.05, 0) is 56.5 Å². The molecule has 1 amide bonds. The van der Waals surface area contributed by atoms with E-state index in [2.05, 4.69) is 50.8 Å². The highest BCUT2D eigenvalue weighted by Gasteiger charge is 2.32. The van der Waals surface area contributed by atoms with Crippen molar-refractivity contribution >= 4 is 34.6 Å². The van der Waals surface area contributed by atoms with Crippen molar-refractivity contribution in [3.63, 3.8) is 0 Å². The zero-order valence-electron chi connectivity index (χ0n) is 26.6. The summed E-state index contributed by atoms with van der Waals surface area (Å²) in [6.45, 7) is 12.0. The van der Waals surface area contributed by atoms with Crippen LogP contribution >= 0.6 is 0 Å². The van der Waals surface area contributed by atoms with E-state index in [1.165, 1.54) is 24.5 Å². The molecule has 3 atom stereocenters. The molecule has 1 unspecified atom stereocenters. The number of morpholine rings is 1. The number of anilines is 5. The molecule has 3 aliphatic rings. The number of nitrogens with zero attached hydrogens (tertiary/aromatic N) is 5. The highest BCUT2D eigenvalue weighted by atomic mass is 19.1. The lowest BCUT2D eigenvalue weighted by Gasteiger charge is -2.44. The van der Waals surface area contributed by atoms with E-state index in [4.69, 9.17) is 14.3 Å². The van der Waals surface area contributed by atoms with Gasteiger partial charge < -0.3 is 25.0 Å². The first-order valence-corrected chi connectivity index (χ1v) is 15.9. The van der Waals surface area contributed by atoms with Gasteiger partial charge in [0.2, 0.25) is 5.91 Å². The second-order valence-corrected chi connectivity index (χ2v) is 12.1. The summed E-state index contributed by atoms with van der Waals surface area (Å²) in [5, 5.41) is 8.03. The quantitative estimate of drug-likeness (QED) is 0.296. The van der Waals surface area contributed by atoms with Crippen molar-refractivity contribution in [1.29, 1.82) is 0 Å². The fourth-order valence-corrected chi connectivity index (χ4v) is 6.75. The van der Waals surface area contributed by atoms with Gasteiger partial charge in [-0.3, -0.25) is 14.5 Å². The van der Waals surface area contributed by atoms with Gasteiger partial charge in [0.1, 0.15) is 23.7 Å². The fraction of sp³-hybridized carbons (Fsp3) is 0.441. The molecule has 3 aromatic rings. The molecule has 3 aliphatic heterocycles. The molecule has 46 heavy (non-hydrogen) atoms. The minimum atomic E-state index is -0.303. The molecule has 0 bridgehead atoms. The number of hydrogen-bond donors (Lipinski definition) is 2. The van der Waals surface area contributed by atoms with E-state index < -0.39 is 0 Å². The zero-order chi connectivity index (χ0) is 32.2. The molecule has 3 saturated heterocycles. The molecule has 0 radical (unpaired) electrons. The molecule has 0 spiro atoms. The first-order chi connectivity index (χ1) is 22.3. The van der Waals surface area contributed by atoms with Gasteiger partial charge in [-0.25, -0.2) is 19.4 Å². The Kier molecular flexibility index (Phi) is 9.67. The lowest BCUT2D eigenvalue weighted by atomic mass is 10.00. The Morgan fingerprint density at radius 2 is 1.85 bits per heavy atom. The van der Waals surface area contributed by atoms with Crippen LogP contribution in [-0.2, 0) is 14.4 Å². The molecule has 0 aliphatic carbocycles. The summed E-state index contributed by atoms with van der Waals surface area (Å²) in [5.41, 5.74) is 2.95. The van der Waals surface area contributed by atoms with Crippen LogP contribution in [0.25, 0.3) is 0 Å². The molecule has 2 aromatic carbocycles. The summed E-state index contributed by atoms with van der Waals surface area (Å²) in [7, 11) is 1.62. The number of amides is 1. The topological polar surface area (TPSA) is 104 Å². The number of nitrogens with one attached hydrogen (secondary N) is 2. The number of ether oxygens (including phenoxy) is 2. The lowest BCUT2D eigenvalue weighted by molar-refractivity contribution is -0.111. The summed E-state index contributed by atoms with van der Waals surface area (Å²) in [5.74, 6) is 1.03. The number of methoxy groups -OCH3 is 1. The molecule has 0 saturated carbocycles. The van der Waals surface area contributed by atoms with Crippen LogP contribution in [0.15, 0.2) is 61.4 Å². The number of carbonyl (C=O) groups is 1. The predicted molar refractivity (Wildman–Crippen MR) is 176 cm³/mol. The number of piperidine rings is 1. The minimum absolute atomic E-state index is 0.188. The van der Waals surface area contributed by atoms with Crippen LogP contribution in [0.4, 0.5) is 33.1 Å². The highest BCUT2D eigenvalue weighted by Crippen LogP contribution is 2.40. The first kappa shape index (κ1) is 31.7. The Morgan fingerprint density at radius 3 is 2.57 bits per heavy atom. The Hall–Kier alpha value is -4.26. The summed E-state index contributed by atoms with van der Waals surface area (Å²) < 4.78 is 25.8. The minimum Gasteiger partial charge on any atom is -0.494 e. The first-order valence-electron chi connectivity index (χ1n) is 15.9. The van der Waals surface area contributed by atoms with Crippen molar-refractivity contribution in [2.75, 3.05) is 60.5 Å². The van der Waals surface area contributed by atoms with E-state index in [0.717, 1.165) is 50.3 Å². The molecule has 12 heteroatoms. The molecule has 1 aromatic heterocycles.